The van der Waals surface area contributed by atoms with Crippen LogP contribution in [-0.4, -0.2) is 75.2 Å². The van der Waals surface area contributed by atoms with Crippen LogP contribution >= 0.6 is 0 Å². The number of carbonyl (C=O) groups is 5. The van der Waals surface area contributed by atoms with E-state index in [1.165, 1.54) is 19.1 Å². The molecule has 10 nitrogen and oxygen atoms in total. The number of allylic oxidation sites excluding steroid dienone is 4. The number of halogens is 1. The molecule has 1 amide bonds. The third-order valence-corrected chi connectivity index (χ3v) is 10.6. The Kier molecular flexibility index (Phi) is 8.37. The number of fused-ring (bicyclic) bond motifs is 5. The van der Waals surface area contributed by atoms with E-state index in [0.717, 1.165) is 0 Å². The first kappa shape index (κ1) is 33.0. The third kappa shape index (κ3) is 5.26. The minimum absolute atomic E-state index is 0.206. The number of alkyl halides is 1. The van der Waals surface area contributed by atoms with E-state index in [4.69, 9.17) is 9.47 Å². The topological polar surface area (TPSA) is 156 Å². The maximum absolute atomic E-state index is 17.3. The molecular formula is C32H44FNO9. The van der Waals surface area contributed by atoms with Crippen molar-refractivity contribution in [2.24, 2.45) is 28.6 Å². The zero-order chi connectivity index (χ0) is 32.3. The largest absolute Gasteiger partial charge is 0.457 e. The first-order valence-corrected chi connectivity index (χ1v) is 14.9. The van der Waals surface area contributed by atoms with Crippen molar-refractivity contribution in [3.63, 3.8) is 0 Å². The molecule has 0 aromatic carbocycles. The number of aliphatic hydroxyl groups excluding tert-OH is 1. The van der Waals surface area contributed by atoms with Gasteiger partial charge < -0.3 is 25.0 Å². The van der Waals surface area contributed by atoms with Crippen LogP contribution in [0.1, 0.15) is 80.6 Å². The molecule has 3 unspecified atom stereocenters. The van der Waals surface area contributed by atoms with Crippen molar-refractivity contribution < 1.29 is 48.0 Å². The van der Waals surface area contributed by atoms with E-state index in [1.807, 2.05) is 0 Å². The van der Waals surface area contributed by atoms with Gasteiger partial charge in [0, 0.05) is 16.7 Å². The SMILES string of the molecule is CC(=O)C(CC(=O)OCC(=O)[C@@]1(O)[C@H](C)CC2C3CCC4=CC(=O)C=C[C@]4(C)[C@@]3(F)[C@@H](O)C[C@@]21C)NC(=O)OC(C)(C)C. The second-order valence-electron chi connectivity index (χ2n) is 14.3. The van der Waals surface area contributed by atoms with Crippen LogP contribution in [0.3, 0.4) is 0 Å². The molecular weight excluding hydrogens is 561 g/mol. The van der Waals surface area contributed by atoms with Crippen LogP contribution in [0.25, 0.3) is 0 Å². The van der Waals surface area contributed by atoms with Gasteiger partial charge in [0.15, 0.2) is 23.8 Å². The maximum atomic E-state index is 17.3. The van der Waals surface area contributed by atoms with E-state index in [0.29, 0.717) is 24.8 Å². The van der Waals surface area contributed by atoms with E-state index in [2.05, 4.69) is 5.32 Å². The molecule has 0 aliphatic heterocycles. The monoisotopic (exact) mass is 605 g/mol. The molecule has 0 heterocycles. The third-order valence-electron chi connectivity index (χ3n) is 10.6. The molecule has 0 radical (unpaired) electrons. The summed E-state index contributed by atoms with van der Waals surface area (Å²) < 4.78 is 27.6. The van der Waals surface area contributed by atoms with Crippen LogP contribution in [0.5, 0.6) is 0 Å². The van der Waals surface area contributed by atoms with Gasteiger partial charge in [-0.3, -0.25) is 19.2 Å². The van der Waals surface area contributed by atoms with Crippen molar-refractivity contribution in [1.29, 1.82) is 0 Å². The summed E-state index contributed by atoms with van der Waals surface area (Å²) in [6.45, 7) is 10.4. The lowest BCUT2D eigenvalue weighted by atomic mass is 9.44. The van der Waals surface area contributed by atoms with Crippen LogP contribution in [0.4, 0.5) is 9.18 Å². The number of rotatable bonds is 7. The van der Waals surface area contributed by atoms with E-state index < -0.39 is 94.3 Å². The Morgan fingerprint density at radius 2 is 1.84 bits per heavy atom. The molecule has 0 aromatic heterocycles. The first-order valence-electron chi connectivity index (χ1n) is 14.9. The lowest BCUT2D eigenvalue weighted by Crippen LogP contribution is -2.69. The van der Waals surface area contributed by atoms with Crippen molar-refractivity contribution >= 4 is 29.4 Å². The van der Waals surface area contributed by atoms with Gasteiger partial charge in [-0.15, -0.1) is 0 Å². The predicted octanol–water partition coefficient (Wildman–Crippen LogP) is 3.32. The second-order valence-corrected chi connectivity index (χ2v) is 14.3. The van der Waals surface area contributed by atoms with Gasteiger partial charge in [0.05, 0.1) is 12.5 Å². The minimum Gasteiger partial charge on any atom is -0.457 e. The first-order chi connectivity index (χ1) is 19.7. The smallest absolute Gasteiger partial charge is 0.408 e. The molecule has 3 N–H and O–H groups in total. The maximum Gasteiger partial charge on any atom is 0.408 e. The summed E-state index contributed by atoms with van der Waals surface area (Å²) in [5.74, 6) is -4.24. The summed E-state index contributed by atoms with van der Waals surface area (Å²) in [7, 11) is 0. The van der Waals surface area contributed by atoms with Crippen LogP contribution in [-0.2, 0) is 28.7 Å². The van der Waals surface area contributed by atoms with Gasteiger partial charge in [0.2, 0.25) is 5.78 Å². The molecule has 4 rings (SSSR count). The highest BCUT2D eigenvalue weighted by atomic mass is 19.1. The van der Waals surface area contributed by atoms with Crippen LogP contribution in [0, 0.1) is 28.6 Å². The molecule has 4 aliphatic rings. The van der Waals surface area contributed by atoms with Crippen molar-refractivity contribution in [3.05, 3.63) is 23.8 Å². The molecule has 11 heteroatoms. The highest BCUT2D eigenvalue weighted by molar-refractivity contribution is 6.01. The zero-order valence-corrected chi connectivity index (χ0v) is 26.0. The Bertz CT molecular complexity index is 1290. The number of esters is 1. The summed E-state index contributed by atoms with van der Waals surface area (Å²) in [6.07, 6.45) is 2.26. The summed E-state index contributed by atoms with van der Waals surface area (Å²) in [6, 6.07) is -1.24. The number of amides is 1. The summed E-state index contributed by atoms with van der Waals surface area (Å²) in [5.41, 5.74) is -6.74. The molecule has 4 aliphatic carbocycles. The quantitative estimate of drug-likeness (QED) is 0.371. The van der Waals surface area contributed by atoms with Gasteiger partial charge >= 0.3 is 12.1 Å². The fourth-order valence-electron chi connectivity index (χ4n) is 8.37. The number of nitrogens with one attached hydrogen (secondary N) is 1. The fraction of sp³-hybridized carbons (Fsp3) is 0.719. The van der Waals surface area contributed by atoms with Crippen LogP contribution in [0.15, 0.2) is 23.8 Å². The number of ether oxygens (including phenoxy) is 2. The average Bonchev–Trinajstić information content (AvgIpc) is 3.08. The Morgan fingerprint density at radius 1 is 1.19 bits per heavy atom. The fourth-order valence-corrected chi connectivity index (χ4v) is 8.37. The molecule has 0 saturated heterocycles. The van der Waals surface area contributed by atoms with Gasteiger partial charge in [-0.2, -0.15) is 0 Å². The molecule has 3 saturated carbocycles. The molecule has 0 bridgehead atoms. The second kappa shape index (κ2) is 10.9. The number of carbonyl (C=O) groups excluding carboxylic acids is 5. The lowest BCUT2D eigenvalue weighted by Gasteiger charge is -2.62. The molecule has 3 fully saturated rings. The summed E-state index contributed by atoms with van der Waals surface area (Å²) in [5, 5.41) is 25.8. The van der Waals surface area contributed by atoms with E-state index in [-0.39, 0.29) is 12.2 Å². The van der Waals surface area contributed by atoms with Gasteiger partial charge in [0.25, 0.3) is 0 Å². The molecule has 0 spiro atoms. The van der Waals surface area contributed by atoms with Crippen molar-refractivity contribution in [1.82, 2.24) is 5.32 Å². The predicted molar refractivity (Wildman–Crippen MR) is 152 cm³/mol. The Hall–Kier alpha value is -2.92. The minimum atomic E-state index is -2.11. The van der Waals surface area contributed by atoms with E-state index >= 15 is 4.39 Å². The Labute approximate surface area is 251 Å². The van der Waals surface area contributed by atoms with Crippen molar-refractivity contribution in [2.75, 3.05) is 6.61 Å². The average molecular weight is 606 g/mol. The number of aliphatic hydroxyl groups is 2. The highest BCUT2D eigenvalue weighted by Gasteiger charge is 2.75. The van der Waals surface area contributed by atoms with E-state index in [9.17, 15) is 34.2 Å². The highest BCUT2D eigenvalue weighted by Crippen LogP contribution is 2.70. The van der Waals surface area contributed by atoms with Crippen molar-refractivity contribution in [2.45, 2.75) is 110 Å². The van der Waals surface area contributed by atoms with Gasteiger partial charge in [-0.1, -0.05) is 25.5 Å². The number of hydrogen-bond acceptors (Lipinski definition) is 9. The van der Waals surface area contributed by atoms with Gasteiger partial charge in [0.1, 0.15) is 17.2 Å². The molecule has 0 aromatic rings. The molecule has 43 heavy (non-hydrogen) atoms. The number of Topliss-reactive ketones (excluding diaryl/α,β-unsaturated/α-hetero) is 2. The summed E-state index contributed by atoms with van der Waals surface area (Å²) in [4.78, 5) is 62.5. The molecule has 9 atom stereocenters. The Morgan fingerprint density at radius 3 is 2.44 bits per heavy atom. The lowest BCUT2D eigenvalue weighted by molar-refractivity contribution is -0.220. The molecule has 238 valence electrons. The van der Waals surface area contributed by atoms with Crippen LogP contribution < -0.4 is 5.32 Å². The number of ketones is 3. The van der Waals surface area contributed by atoms with Gasteiger partial charge in [-0.25, -0.2) is 9.18 Å². The standard InChI is InChI=1S/C32H44FNO9/c1-17-12-22-21-9-8-19-13-20(36)10-11-29(19,6)31(21,33)24(37)15-30(22,7)32(17,41)25(38)16-42-26(39)14-23(18(2)35)34-27(40)43-28(3,4)5/h10-11,13,17,21-24,37,41H,8-9,12,14-16H2,1-7H3,(H,34,40)/t17-,21?,22?,23?,24+,29+,30+,31+,32+/m1/s1. The summed E-state index contributed by atoms with van der Waals surface area (Å²) >= 11 is 0. The normalized spacial score (nSPS) is 39.0. The zero-order valence-electron chi connectivity index (χ0n) is 26.0. The van der Waals surface area contributed by atoms with E-state index in [1.54, 1.807) is 47.6 Å². The van der Waals surface area contributed by atoms with Gasteiger partial charge in [-0.05, 0) is 84.3 Å². The number of alkyl carbamates (subject to hydrolysis) is 1. The Balaban J connectivity index is 1.50. The van der Waals surface area contributed by atoms with Crippen LogP contribution in [0.2, 0.25) is 0 Å². The van der Waals surface area contributed by atoms with Crippen molar-refractivity contribution in [3.8, 4) is 0 Å². The number of hydrogen-bond donors (Lipinski definition) is 3.